The predicted molar refractivity (Wildman–Crippen MR) is 74.4 cm³/mol. The minimum absolute atomic E-state index is 0.0925. The van der Waals surface area contributed by atoms with Crippen molar-refractivity contribution in [2.75, 3.05) is 31.7 Å². The zero-order chi connectivity index (χ0) is 13.9. The summed E-state index contributed by atoms with van der Waals surface area (Å²) in [5, 5.41) is 14.4. The third-order valence-electron chi connectivity index (χ3n) is 3.28. The van der Waals surface area contributed by atoms with Crippen molar-refractivity contribution in [1.82, 2.24) is 9.99 Å². The van der Waals surface area contributed by atoms with Crippen molar-refractivity contribution < 1.29 is 9.66 Å². The van der Waals surface area contributed by atoms with Gasteiger partial charge in [-0.15, -0.1) is 0 Å². The highest BCUT2D eigenvalue weighted by atomic mass is 16.6. The van der Waals surface area contributed by atoms with E-state index in [1.54, 1.807) is 24.5 Å². The van der Waals surface area contributed by atoms with E-state index < -0.39 is 0 Å². The number of aromatic nitrogens is 1. The van der Waals surface area contributed by atoms with Crippen molar-refractivity contribution in [3.63, 3.8) is 0 Å². The Morgan fingerprint density at radius 1 is 1.25 bits per heavy atom. The second-order valence-electron chi connectivity index (χ2n) is 4.52. The summed E-state index contributed by atoms with van der Waals surface area (Å²) in [6, 6.07) is 4.90. The number of morpholine rings is 1. The van der Waals surface area contributed by atoms with Gasteiger partial charge < -0.3 is 10.2 Å². The minimum atomic E-state index is -0.374. The molecular formula is C13H14N4O3. The van der Waals surface area contributed by atoms with E-state index in [9.17, 15) is 10.1 Å². The fraction of sp³-hybridized carbons (Fsp3) is 0.308. The van der Waals surface area contributed by atoms with Crippen LogP contribution >= 0.6 is 0 Å². The molecule has 2 heterocycles. The number of pyridine rings is 1. The Morgan fingerprint density at radius 2 is 2.05 bits per heavy atom. The van der Waals surface area contributed by atoms with Gasteiger partial charge in [0, 0.05) is 36.9 Å². The Kier molecular flexibility index (Phi) is 3.44. The van der Waals surface area contributed by atoms with Crippen LogP contribution in [0.3, 0.4) is 0 Å². The molecule has 0 unspecified atom stereocenters. The third kappa shape index (κ3) is 2.40. The van der Waals surface area contributed by atoms with Gasteiger partial charge in [0.25, 0.3) is 5.69 Å². The molecule has 1 saturated heterocycles. The molecule has 3 rings (SSSR count). The predicted octanol–water partition coefficient (Wildman–Crippen LogP) is 1.80. The summed E-state index contributed by atoms with van der Waals surface area (Å²) in [6.07, 6.45) is 3.21. The molecule has 0 aliphatic carbocycles. The molecule has 1 aliphatic heterocycles. The summed E-state index contributed by atoms with van der Waals surface area (Å²) in [5.74, 6) is 0. The lowest BCUT2D eigenvalue weighted by Gasteiger charge is -2.28. The number of anilines is 1. The van der Waals surface area contributed by atoms with Crippen LogP contribution in [0.2, 0.25) is 0 Å². The quantitative estimate of drug-likeness (QED) is 0.679. The molecule has 7 heteroatoms. The number of non-ortho nitro benzene ring substituents is 1. The Hall–Kier alpha value is -2.25. The molecule has 0 radical (unpaired) electrons. The van der Waals surface area contributed by atoms with Gasteiger partial charge in [-0.1, -0.05) is 0 Å². The highest BCUT2D eigenvalue weighted by Gasteiger charge is 2.16. The maximum Gasteiger partial charge on any atom is 0.277 e. The highest BCUT2D eigenvalue weighted by Crippen LogP contribution is 2.30. The van der Waals surface area contributed by atoms with E-state index in [2.05, 4.69) is 10.4 Å². The van der Waals surface area contributed by atoms with Gasteiger partial charge in [0.1, 0.15) is 0 Å². The van der Waals surface area contributed by atoms with E-state index in [0.717, 1.165) is 24.2 Å². The third-order valence-corrected chi connectivity index (χ3v) is 3.28. The normalized spacial score (nSPS) is 16.2. The summed E-state index contributed by atoms with van der Waals surface area (Å²) in [6.45, 7) is 2.91. The first-order valence-corrected chi connectivity index (χ1v) is 6.36. The van der Waals surface area contributed by atoms with Crippen molar-refractivity contribution in [2.45, 2.75) is 0 Å². The summed E-state index contributed by atoms with van der Waals surface area (Å²) >= 11 is 0. The standard InChI is InChI=1S/C13H14N4O3/c18-17(19)13-2-1-12(11-9-14-4-3-10(11)13)15-16-5-7-20-8-6-16/h1-4,9,15H,5-8H2. The van der Waals surface area contributed by atoms with Gasteiger partial charge in [0.15, 0.2) is 0 Å². The van der Waals surface area contributed by atoms with Gasteiger partial charge in [-0.25, -0.2) is 5.01 Å². The molecule has 0 bridgehead atoms. The number of nitro benzene ring substituents is 1. The number of rotatable bonds is 3. The van der Waals surface area contributed by atoms with Crippen molar-refractivity contribution >= 4 is 22.1 Å². The van der Waals surface area contributed by atoms with Gasteiger partial charge in [-0.3, -0.25) is 15.1 Å². The lowest BCUT2D eigenvalue weighted by atomic mass is 10.1. The van der Waals surface area contributed by atoms with E-state index in [1.807, 2.05) is 5.01 Å². The zero-order valence-electron chi connectivity index (χ0n) is 10.8. The second kappa shape index (κ2) is 5.40. The Bertz CT molecular complexity index is 641. The summed E-state index contributed by atoms with van der Waals surface area (Å²) in [4.78, 5) is 14.7. The second-order valence-corrected chi connectivity index (χ2v) is 4.52. The maximum absolute atomic E-state index is 11.1. The molecule has 1 aliphatic rings. The van der Waals surface area contributed by atoms with Gasteiger partial charge in [0.05, 0.1) is 29.2 Å². The van der Waals surface area contributed by atoms with Crippen LogP contribution in [0.25, 0.3) is 10.8 Å². The topological polar surface area (TPSA) is 80.5 Å². The Balaban J connectivity index is 1.99. The Labute approximate surface area is 115 Å². The van der Waals surface area contributed by atoms with Crippen molar-refractivity contribution in [3.8, 4) is 0 Å². The number of nitro groups is 1. The van der Waals surface area contributed by atoms with Crippen LogP contribution in [-0.2, 0) is 4.74 Å². The van der Waals surface area contributed by atoms with Gasteiger partial charge in [0.2, 0.25) is 0 Å². The molecule has 1 fully saturated rings. The maximum atomic E-state index is 11.1. The number of hydrogen-bond acceptors (Lipinski definition) is 6. The van der Waals surface area contributed by atoms with E-state index in [1.165, 1.54) is 6.07 Å². The van der Waals surface area contributed by atoms with Gasteiger partial charge in [-0.05, 0) is 12.1 Å². The lowest BCUT2D eigenvalue weighted by Crippen LogP contribution is -2.40. The molecule has 0 amide bonds. The zero-order valence-corrected chi connectivity index (χ0v) is 10.8. The summed E-state index contributed by atoms with van der Waals surface area (Å²) in [7, 11) is 0. The van der Waals surface area contributed by atoms with E-state index >= 15 is 0 Å². The summed E-state index contributed by atoms with van der Waals surface area (Å²) in [5.41, 5.74) is 4.19. The fourth-order valence-corrected chi connectivity index (χ4v) is 2.28. The number of nitrogens with one attached hydrogen (secondary N) is 1. The van der Waals surface area contributed by atoms with Crippen LogP contribution in [-0.4, -0.2) is 41.2 Å². The number of nitrogens with zero attached hydrogens (tertiary/aromatic N) is 3. The molecule has 2 aromatic rings. The van der Waals surface area contributed by atoms with Crippen LogP contribution in [0.5, 0.6) is 0 Å². The average molecular weight is 274 g/mol. The van der Waals surface area contributed by atoms with Crippen molar-refractivity contribution in [2.24, 2.45) is 0 Å². The number of fused-ring (bicyclic) bond motifs is 1. The van der Waals surface area contributed by atoms with E-state index in [-0.39, 0.29) is 10.6 Å². The van der Waals surface area contributed by atoms with Crippen LogP contribution in [0.15, 0.2) is 30.6 Å². The monoisotopic (exact) mass is 274 g/mol. The number of ether oxygens (including phenoxy) is 1. The Morgan fingerprint density at radius 3 is 2.80 bits per heavy atom. The first-order valence-electron chi connectivity index (χ1n) is 6.36. The van der Waals surface area contributed by atoms with Crippen LogP contribution in [0.1, 0.15) is 0 Å². The van der Waals surface area contributed by atoms with Crippen LogP contribution in [0.4, 0.5) is 11.4 Å². The number of hydrogen-bond donors (Lipinski definition) is 1. The molecule has 1 aromatic heterocycles. The molecular weight excluding hydrogens is 260 g/mol. The van der Waals surface area contributed by atoms with E-state index in [4.69, 9.17) is 4.74 Å². The minimum Gasteiger partial charge on any atom is -0.379 e. The molecule has 1 N–H and O–H groups in total. The van der Waals surface area contributed by atoms with Crippen molar-refractivity contribution in [1.29, 1.82) is 0 Å². The van der Waals surface area contributed by atoms with Gasteiger partial charge >= 0.3 is 0 Å². The van der Waals surface area contributed by atoms with Crippen LogP contribution in [0, 0.1) is 10.1 Å². The molecule has 104 valence electrons. The first-order chi connectivity index (χ1) is 9.75. The first kappa shape index (κ1) is 12.8. The molecule has 7 nitrogen and oxygen atoms in total. The molecule has 0 spiro atoms. The fourth-order valence-electron chi connectivity index (χ4n) is 2.28. The molecule has 0 atom stereocenters. The highest BCUT2D eigenvalue weighted by molar-refractivity contribution is 5.98. The SMILES string of the molecule is O=[N+]([O-])c1ccc(NN2CCOCC2)c2cnccc12. The van der Waals surface area contributed by atoms with E-state index in [0.29, 0.717) is 18.6 Å². The summed E-state index contributed by atoms with van der Waals surface area (Å²) < 4.78 is 5.29. The van der Waals surface area contributed by atoms with Crippen molar-refractivity contribution in [3.05, 3.63) is 40.7 Å². The number of hydrazine groups is 1. The molecule has 1 aromatic carbocycles. The lowest BCUT2D eigenvalue weighted by molar-refractivity contribution is -0.383. The van der Waals surface area contributed by atoms with Gasteiger partial charge in [-0.2, -0.15) is 0 Å². The molecule has 0 saturated carbocycles. The van der Waals surface area contributed by atoms with Crippen LogP contribution < -0.4 is 5.43 Å². The molecule has 20 heavy (non-hydrogen) atoms. The largest absolute Gasteiger partial charge is 0.379 e. The smallest absolute Gasteiger partial charge is 0.277 e. The average Bonchev–Trinajstić information content (AvgIpc) is 2.48. The number of benzene rings is 1.